The van der Waals surface area contributed by atoms with E-state index in [0.29, 0.717) is 11.4 Å². The van der Waals surface area contributed by atoms with Crippen molar-refractivity contribution >= 4 is 44.6 Å². The maximum atomic E-state index is 12.6. The first-order valence-corrected chi connectivity index (χ1v) is 10.5. The van der Waals surface area contributed by atoms with Crippen LogP contribution in [-0.2, 0) is 20.4 Å². The van der Waals surface area contributed by atoms with E-state index in [1.54, 1.807) is 30.3 Å². The molecule has 0 saturated heterocycles. The molecule has 29 heavy (non-hydrogen) atoms. The third-order valence-corrected chi connectivity index (χ3v) is 5.93. The van der Waals surface area contributed by atoms with E-state index in [1.165, 1.54) is 37.5 Å². The van der Waals surface area contributed by atoms with Crippen LogP contribution in [-0.4, -0.2) is 20.2 Å². The lowest BCUT2D eigenvalue weighted by Gasteiger charge is -2.09. The fourth-order valence-corrected chi connectivity index (χ4v) is 4.24. The molecule has 7 nitrogen and oxygen atoms in total. The summed E-state index contributed by atoms with van der Waals surface area (Å²) in [6, 6.07) is 14.0. The highest BCUT2D eigenvalue weighted by Gasteiger charge is 2.22. The molecule has 2 N–H and O–H groups in total. The van der Waals surface area contributed by atoms with E-state index in [2.05, 4.69) is 10.6 Å². The lowest BCUT2D eigenvalue weighted by molar-refractivity contribution is -0.114. The highest BCUT2D eigenvalue weighted by molar-refractivity contribution is 7.90. The number of hydrogen-bond acceptors (Lipinski definition) is 5. The van der Waals surface area contributed by atoms with Crippen LogP contribution < -0.4 is 10.6 Å². The van der Waals surface area contributed by atoms with Crippen LogP contribution in [0, 0.1) is 0 Å². The number of carbonyl (C=O) groups is 2. The Morgan fingerprint density at radius 2 is 1.76 bits per heavy atom. The summed E-state index contributed by atoms with van der Waals surface area (Å²) in [5.41, 5.74) is 1.01. The molecule has 3 rings (SSSR count). The van der Waals surface area contributed by atoms with Gasteiger partial charge in [-0.25, -0.2) is 8.42 Å². The molecule has 1 heterocycles. The van der Waals surface area contributed by atoms with Crippen LogP contribution in [0.2, 0.25) is 5.02 Å². The first-order valence-electron chi connectivity index (χ1n) is 8.49. The van der Waals surface area contributed by atoms with E-state index >= 15 is 0 Å². The van der Waals surface area contributed by atoms with E-state index < -0.39 is 15.7 Å². The van der Waals surface area contributed by atoms with Gasteiger partial charge in [0, 0.05) is 18.2 Å². The van der Waals surface area contributed by atoms with Crippen molar-refractivity contribution in [1.82, 2.24) is 0 Å². The molecule has 2 aromatic carbocycles. The second kappa shape index (κ2) is 8.50. The number of anilines is 2. The number of furan rings is 1. The van der Waals surface area contributed by atoms with Gasteiger partial charge in [0.25, 0.3) is 5.91 Å². The van der Waals surface area contributed by atoms with Gasteiger partial charge in [-0.3, -0.25) is 9.59 Å². The Morgan fingerprint density at radius 1 is 1.03 bits per heavy atom. The summed E-state index contributed by atoms with van der Waals surface area (Å²) >= 11 is 6.10. The van der Waals surface area contributed by atoms with Gasteiger partial charge in [-0.05, 0) is 36.4 Å². The zero-order chi connectivity index (χ0) is 21.0. The van der Waals surface area contributed by atoms with Gasteiger partial charge in [-0.15, -0.1) is 0 Å². The number of carbonyl (C=O) groups excluding carboxylic acids is 2. The Balaban J connectivity index is 1.78. The molecule has 150 valence electrons. The van der Waals surface area contributed by atoms with Crippen molar-refractivity contribution in [1.29, 1.82) is 0 Å². The van der Waals surface area contributed by atoms with Crippen LogP contribution in [0.4, 0.5) is 11.4 Å². The number of amides is 2. The first-order chi connectivity index (χ1) is 13.8. The summed E-state index contributed by atoms with van der Waals surface area (Å²) in [5.74, 6) is -1.37. The molecule has 0 saturated carbocycles. The van der Waals surface area contributed by atoms with E-state index in [4.69, 9.17) is 16.0 Å². The molecule has 2 amide bonds. The number of hydrogen-bond donors (Lipinski definition) is 2. The van der Waals surface area contributed by atoms with Crippen LogP contribution in [0.1, 0.15) is 23.0 Å². The highest BCUT2D eigenvalue weighted by atomic mass is 35.5. The Labute approximate surface area is 172 Å². The minimum atomic E-state index is -3.64. The monoisotopic (exact) mass is 432 g/mol. The SMILES string of the molecule is CC(=O)Nc1ccc(NC(=O)c2occc2CS(=O)(=O)c2ccccc2)cc1Cl. The molecule has 0 fully saturated rings. The van der Waals surface area contributed by atoms with Crippen molar-refractivity contribution in [2.75, 3.05) is 10.6 Å². The highest BCUT2D eigenvalue weighted by Crippen LogP contribution is 2.26. The molecule has 0 aliphatic heterocycles. The number of nitrogens with one attached hydrogen (secondary N) is 2. The lowest BCUT2D eigenvalue weighted by Crippen LogP contribution is -2.15. The molecule has 0 atom stereocenters. The van der Waals surface area contributed by atoms with E-state index in [9.17, 15) is 18.0 Å². The predicted octanol–water partition coefficient (Wildman–Crippen LogP) is 4.12. The van der Waals surface area contributed by atoms with Crippen LogP contribution >= 0.6 is 11.6 Å². The zero-order valence-electron chi connectivity index (χ0n) is 15.3. The predicted molar refractivity (Wildman–Crippen MR) is 110 cm³/mol. The van der Waals surface area contributed by atoms with Crippen LogP contribution in [0.15, 0.2) is 70.2 Å². The van der Waals surface area contributed by atoms with E-state index in [-0.39, 0.29) is 32.9 Å². The fraction of sp³-hybridized carbons (Fsp3) is 0.100. The average Bonchev–Trinajstić information content (AvgIpc) is 3.12. The van der Waals surface area contributed by atoms with E-state index in [1.807, 2.05) is 0 Å². The zero-order valence-corrected chi connectivity index (χ0v) is 16.9. The second-order valence-electron chi connectivity index (χ2n) is 6.18. The van der Waals surface area contributed by atoms with E-state index in [0.717, 1.165) is 0 Å². The summed E-state index contributed by atoms with van der Waals surface area (Å²) in [4.78, 5) is 23.9. The van der Waals surface area contributed by atoms with Crippen molar-refractivity contribution in [3.05, 3.63) is 77.2 Å². The topological polar surface area (TPSA) is 105 Å². The smallest absolute Gasteiger partial charge is 0.291 e. The molecular weight excluding hydrogens is 416 g/mol. The Kier molecular flexibility index (Phi) is 6.05. The van der Waals surface area contributed by atoms with Crippen molar-refractivity contribution in [2.45, 2.75) is 17.6 Å². The maximum Gasteiger partial charge on any atom is 0.291 e. The Bertz CT molecular complexity index is 1160. The third-order valence-electron chi connectivity index (χ3n) is 3.94. The van der Waals surface area contributed by atoms with Crippen molar-refractivity contribution in [3.63, 3.8) is 0 Å². The van der Waals surface area contributed by atoms with Gasteiger partial charge < -0.3 is 15.1 Å². The van der Waals surface area contributed by atoms with Crippen molar-refractivity contribution in [2.24, 2.45) is 0 Å². The van der Waals surface area contributed by atoms with Crippen LogP contribution in [0.3, 0.4) is 0 Å². The molecule has 0 aliphatic carbocycles. The fourth-order valence-electron chi connectivity index (χ4n) is 2.64. The largest absolute Gasteiger partial charge is 0.459 e. The number of sulfone groups is 1. The normalized spacial score (nSPS) is 11.1. The van der Waals surface area contributed by atoms with Gasteiger partial charge in [0.05, 0.1) is 27.6 Å². The van der Waals surface area contributed by atoms with Gasteiger partial charge in [-0.1, -0.05) is 29.8 Å². The van der Waals surface area contributed by atoms with Gasteiger partial charge in [-0.2, -0.15) is 0 Å². The van der Waals surface area contributed by atoms with Crippen molar-refractivity contribution < 1.29 is 22.4 Å². The molecule has 0 bridgehead atoms. The molecule has 0 radical (unpaired) electrons. The lowest BCUT2D eigenvalue weighted by atomic mass is 10.2. The first kappa shape index (κ1) is 20.6. The number of halogens is 1. The van der Waals surface area contributed by atoms with Gasteiger partial charge in [0.1, 0.15) is 0 Å². The molecule has 9 heteroatoms. The Hall–Kier alpha value is -3.10. The quantitative estimate of drug-likeness (QED) is 0.609. The molecule has 0 unspecified atom stereocenters. The summed E-state index contributed by atoms with van der Waals surface area (Å²) in [7, 11) is -3.64. The molecule has 0 spiro atoms. The molecular formula is C20H17ClN2O5S. The van der Waals surface area contributed by atoms with Gasteiger partial charge >= 0.3 is 0 Å². The maximum absolute atomic E-state index is 12.6. The standard InChI is InChI=1S/C20H17ClN2O5S/c1-13(24)22-18-8-7-15(11-17(18)21)23-20(25)19-14(9-10-28-19)12-29(26,27)16-5-3-2-4-6-16/h2-11H,12H2,1H3,(H,22,24)(H,23,25). The molecule has 1 aromatic heterocycles. The van der Waals surface area contributed by atoms with Gasteiger partial charge in [0.2, 0.25) is 5.91 Å². The summed E-state index contributed by atoms with van der Waals surface area (Å²) in [5, 5.41) is 5.41. The summed E-state index contributed by atoms with van der Waals surface area (Å²) in [6.45, 7) is 1.36. The van der Waals surface area contributed by atoms with Crippen molar-refractivity contribution in [3.8, 4) is 0 Å². The summed E-state index contributed by atoms with van der Waals surface area (Å²) < 4.78 is 30.4. The number of benzene rings is 2. The average molecular weight is 433 g/mol. The van der Waals surface area contributed by atoms with Gasteiger partial charge in [0.15, 0.2) is 15.6 Å². The third kappa shape index (κ3) is 5.04. The number of rotatable bonds is 6. The Morgan fingerprint density at radius 3 is 2.41 bits per heavy atom. The van der Waals surface area contributed by atoms with Crippen LogP contribution in [0.25, 0.3) is 0 Å². The second-order valence-corrected chi connectivity index (χ2v) is 8.57. The molecule has 3 aromatic rings. The minimum Gasteiger partial charge on any atom is -0.459 e. The van der Waals surface area contributed by atoms with Crippen LogP contribution in [0.5, 0.6) is 0 Å². The summed E-state index contributed by atoms with van der Waals surface area (Å²) in [6.07, 6.45) is 1.26. The minimum absolute atomic E-state index is 0.105. The molecule has 0 aliphatic rings.